The average Bonchev–Trinajstić information content (AvgIpc) is 2.30. The number of hydrogen-bond donors (Lipinski definition) is 0. The summed E-state index contributed by atoms with van der Waals surface area (Å²) >= 11 is 0. The first-order valence-electron chi connectivity index (χ1n) is 5.20. The number of carbonyl (C=O) groups is 1. The van der Waals surface area contributed by atoms with Gasteiger partial charge in [-0.05, 0) is 31.0 Å². The van der Waals surface area contributed by atoms with Crippen LogP contribution in [0.25, 0.3) is 11.1 Å². The van der Waals surface area contributed by atoms with Crippen molar-refractivity contribution in [2.45, 2.75) is 13.8 Å². The Balaban J connectivity index is 2.53. The molecule has 0 N–H and O–H groups in total. The van der Waals surface area contributed by atoms with Crippen molar-refractivity contribution in [3.05, 3.63) is 53.9 Å². The summed E-state index contributed by atoms with van der Waals surface area (Å²) in [6.45, 7) is 3.61. The lowest BCUT2D eigenvalue weighted by molar-refractivity contribution is 0.101. The predicted molar refractivity (Wildman–Crippen MR) is 64.4 cm³/mol. The zero-order valence-electron chi connectivity index (χ0n) is 9.40. The van der Waals surface area contributed by atoms with Crippen LogP contribution in [0.3, 0.4) is 0 Å². The van der Waals surface area contributed by atoms with Crippen LogP contribution in [0, 0.1) is 6.92 Å². The van der Waals surface area contributed by atoms with Gasteiger partial charge in [0, 0.05) is 23.5 Å². The molecule has 0 atom stereocenters. The Labute approximate surface area is 95.0 Å². The Morgan fingerprint density at radius 3 is 2.62 bits per heavy atom. The van der Waals surface area contributed by atoms with Crippen LogP contribution in [0.2, 0.25) is 0 Å². The highest BCUT2D eigenvalue weighted by atomic mass is 16.1. The molecule has 0 radical (unpaired) electrons. The Kier molecular flexibility index (Phi) is 2.82. The molecule has 1 aromatic carbocycles. The number of Topliss-reactive ketones (excluding diaryl/α,β-unsaturated/α-hetero) is 1. The smallest absolute Gasteiger partial charge is 0.161 e. The number of ketones is 1. The fraction of sp³-hybridized carbons (Fsp3) is 0.143. The fourth-order valence-electron chi connectivity index (χ4n) is 1.68. The maximum Gasteiger partial charge on any atom is 0.161 e. The molecule has 0 spiro atoms. The Bertz CT molecular complexity index is 532. The zero-order chi connectivity index (χ0) is 11.5. The van der Waals surface area contributed by atoms with Crippen molar-refractivity contribution in [1.29, 1.82) is 0 Å². The van der Waals surface area contributed by atoms with E-state index < -0.39 is 0 Å². The number of aryl methyl sites for hydroxylation is 1. The number of hydrogen-bond acceptors (Lipinski definition) is 2. The van der Waals surface area contributed by atoms with Gasteiger partial charge >= 0.3 is 0 Å². The molecule has 0 fully saturated rings. The lowest BCUT2D eigenvalue weighted by Gasteiger charge is -2.06. The van der Waals surface area contributed by atoms with E-state index in [1.54, 1.807) is 19.3 Å². The molecule has 0 saturated heterocycles. The first kappa shape index (κ1) is 10.6. The number of nitrogens with zero attached hydrogens (tertiary/aromatic N) is 1. The first-order valence-corrected chi connectivity index (χ1v) is 5.20. The highest BCUT2D eigenvalue weighted by molar-refractivity contribution is 5.94. The highest BCUT2D eigenvalue weighted by Gasteiger charge is 2.04. The van der Waals surface area contributed by atoms with Gasteiger partial charge in [0.2, 0.25) is 0 Å². The molecular weight excluding hydrogens is 198 g/mol. The quantitative estimate of drug-likeness (QED) is 0.714. The van der Waals surface area contributed by atoms with Crippen LogP contribution < -0.4 is 0 Å². The van der Waals surface area contributed by atoms with Gasteiger partial charge in [0.1, 0.15) is 0 Å². The highest BCUT2D eigenvalue weighted by Crippen LogP contribution is 2.22. The van der Waals surface area contributed by atoms with Gasteiger partial charge in [-0.1, -0.05) is 24.3 Å². The summed E-state index contributed by atoms with van der Waals surface area (Å²) in [6.07, 6.45) is 3.39. The van der Waals surface area contributed by atoms with Gasteiger partial charge in [0.15, 0.2) is 5.78 Å². The van der Waals surface area contributed by atoms with E-state index in [2.05, 4.69) is 18.0 Å². The largest absolute Gasteiger partial charge is 0.294 e. The molecule has 2 heteroatoms. The molecule has 0 aliphatic rings. The van der Waals surface area contributed by atoms with Gasteiger partial charge in [-0.15, -0.1) is 0 Å². The summed E-state index contributed by atoms with van der Waals surface area (Å²) in [5, 5.41) is 0. The van der Waals surface area contributed by atoms with E-state index in [9.17, 15) is 4.79 Å². The molecule has 0 bridgehead atoms. The van der Waals surface area contributed by atoms with Crippen LogP contribution in [0.5, 0.6) is 0 Å². The van der Waals surface area contributed by atoms with Crippen molar-refractivity contribution < 1.29 is 4.79 Å². The van der Waals surface area contributed by atoms with Gasteiger partial charge in [-0.3, -0.25) is 9.78 Å². The topological polar surface area (TPSA) is 30.0 Å². The monoisotopic (exact) mass is 211 g/mol. The molecule has 0 aliphatic carbocycles. The van der Waals surface area contributed by atoms with Crippen molar-refractivity contribution >= 4 is 5.78 Å². The van der Waals surface area contributed by atoms with Crippen LogP contribution in [-0.4, -0.2) is 10.8 Å². The van der Waals surface area contributed by atoms with Crippen molar-refractivity contribution in [3.63, 3.8) is 0 Å². The van der Waals surface area contributed by atoms with E-state index in [1.165, 1.54) is 5.56 Å². The molecule has 80 valence electrons. The molecular formula is C14H13NO. The summed E-state index contributed by atoms with van der Waals surface area (Å²) in [4.78, 5) is 15.4. The zero-order valence-corrected chi connectivity index (χ0v) is 9.40. The van der Waals surface area contributed by atoms with Gasteiger partial charge in [-0.2, -0.15) is 0 Å². The maximum atomic E-state index is 11.3. The standard InChI is InChI=1S/C14H13NO/c1-10-5-3-4-6-14(10)13-7-12(11(2)16)8-15-9-13/h3-9H,1-2H3. The van der Waals surface area contributed by atoms with Crippen molar-refractivity contribution in [3.8, 4) is 11.1 Å². The van der Waals surface area contributed by atoms with E-state index in [-0.39, 0.29) is 5.78 Å². The minimum absolute atomic E-state index is 0.0444. The van der Waals surface area contributed by atoms with Crippen LogP contribution in [-0.2, 0) is 0 Å². The number of carbonyl (C=O) groups excluding carboxylic acids is 1. The molecule has 0 aliphatic heterocycles. The van der Waals surface area contributed by atoms with E-state index in [1.807, 2.05) is 24.3 Å². The average molecular weight is 211 g/mol. The van der Waals surface area contributed by atoms with Gasteiger partial charge in [0.25, 0.3) is 0 Å². The first-order chi connectivity index (χ1) is 7.68. The molecule has 2 aromatic rings. The van der Waals surface area contributed by atoms with Crippen molar-refractivity contribution in [2.24, 2.45) is 0 Å². The maximum absolute atomic E-state index is 11.3. The van der Waals surface area contributed by atoms with E-state index >= 15 is 0 Å². The van der Waals surface area contributed by atoms with Gasteiger partial charge in [0.05, 0.1) is 0 Å². The van der Waals surface area contributed by atoms with Gasteiger partial charge in [-0.25, -0.2) is 0 Å². The second kappa shape index (κ2) is 4.27. The van der Waals surface area contributed by atoms with E-state index in [0.717, 1.165) is 11.1 Å². The number of rotatable bonds is 2. The molecule has 2 nitrogen and oxygen atoms in total. The second-order valence-electron chi connectivity index (χ2n) is 3.83. The minimum atomic E-state index is 0.0444. The summed E-state index contributed by atoms with van der Waals surface area (Å²) in [7, 11) is 0. The minimum Gasteiger partial charge on any atom is -0.294 e. The third-order valence-electron chi connectivity index (χ3n) is 2.60. The van der Waals surface area contributed by atoms with E-state index in [0.29, 0.717) is 5.56 Å². The third-order valence-corrected chi connectivity index (χ3v) is 2.60. The fourth-order valence-corrected chi connectivity index (χ4v) is 1.68. The van der Waals surface area contributed by atoms with Crippen LogP contribution in [0.1, 0.15) is 22.8 Å². The Hall–Kier alpha value is -1.96. The predicted octanol–water partition coefficient (Wildman–Crippen LogP) is 3.26. The summed E-state index contributed by atoms with van der Waals surface area (Å²) in [5.74, 6) is 0.0444. The SMILES string of the molecule is CC(=O)c1cncc(-c2ccccc2C)c1. The summed E-state index contributed by atoms with van der Waals surface area (Å²) < 4.78 is 0. The van der Waals surface area contributed by atoms with Crippen molar-refractivity contribution in [2.75, 3.05) is 0 Å². The third kappa shape index (κ3) is 2.01. The number of pyridine rings is 1. The second-order valence-corrected chi connectivity index (χ2v) is 3.83. The Morgan fingerprint density at radius 2 is 1.94 bits per heavy atom. The lowest BCUT2D eigenvalue weighted by Crippen LogP contribution is -1.94. The molecule has 0 amide bonds. The Morgan fingerprint density at radius 1 is 1.19 bits per heavy atom. The van der Waals surface area contributed by atoms with Crippen LogP contribution in [0.15, 0.2) is 42.7 Å². The molecule has 2 rings (SSSR count). The molecule has 1 aromatic heterocycles. The van der Waals surface area contributed by atoms with E-state index in [4.69, 9.17) is 0 Å². The molecule has 16 heavy (non-hydrogen) atoms. The molecule has 1 heterocycles. The molecule has 0 saturated carbocycles. The molecule has 0 unspecified atom stereocenters. The lowest BCUT2D eigenvalue weighted by atomic mass is 10.0. The number of aromatic nitrogens is 1. The van der Waals surface area contributed by atoms with Crippen molar-refractivity contribution in [1.82, 2.24) is 4.98 Å². The normalized spacial score (nSPS) is 10.1. The van der Waals surface area contributed by atoms with Crippen LogP contribution in [0.4, 0.5) is 0 Å². The summed E-state index contributed by atoms with van der Waals surface area (Å²) in [6, 6.07) is 9.97. The van der Waals surface area contributed by atoms with Crippen LogP contribution >= 0.6 is 0 Å². The number of benzene rings is 1. The summed E-state index contributed by atoms with van der Waals surface area (Å²) in [5.41, 5.74) is 3.95. The van der Waals surface area contributed by atoms with Gasteiger partial charge < -0.3 is 0 Å².